The van der Waals surface area contributed by atoms with E-state index in [4.69, 9.17) is 0 Å². The lowest BCUT2D eigenvalue weighted by Crippen LogP contribution is -2.26. The van der Waals surface area contributed by atoms with Crippen LogP contribution < -0.4 is 10.6 Å². The van der Waals surface area contributed by atoms with Crippen molar-refractivity contribution >= 4 is 40.1 Å². The first-order valence-corrected chi connectivity index (χ1v) is 16.0. The lowest BCUT2D eigenvalue weighted by Gasteiger charge is -2.16. The zero-order valence-electron chi connectivity index (χ0n) is 26.5. The second-order valence-electron chi connectivity index (χ2n) is 11.3. The monoisotopic (exact) mass is 628 g/mol. The van der Waals surface area contributed by atoms with Gasteiger partial charge in [0.1, 0.15) is 17.3 Å². The maximum Gasteiger partial charge on any atom is 0.243 e. The molecule has 0 aliphatic rings. The van der Waals surface area contributed by atoms with E-state index in [0.29, 0.717) is 31.8 Å². The van der Waals surface area contributed by atoms with Gasteiger partial charge in [-0.25, -0.2) is 4.98 Å². The van der Waals surface area contributed by atoms with Gasteiger partial charge in [0.2, 0.25) is 11.8 Å². The molecule has 1 aromatic heterocycles. The quantitative estimate of drug-likeness (QED) is 0.0514. The number of phenolic OH excluding ortho intramolecular Hbond substituents is 2. The molecule has 8 nitrogen and oxygen atoms in total. The van der Waals surface area contributed by atoms with E-state index in [1.54, 1.807) is 36.4 Å². The number of benzene rings is 4. The number of imidazole rings is 1. The lowest BCUT2D eigenvalue weighted by atomic mass is 9.88. The van der Waals surface area contributed by atoms with E-state index in [1.165, 1.54) is 11.6 Å². The van der Waals surface area contributed by atoms with Crippen LogP contribution in [0.2, 0.25) is 0 Å². The summed E-state index contributed by atoms with van der Waals surface area (Å²) in [5.41, 5.74) is 7.97. The number of aromatic hydroxyl groups is 2. The molecule has 8 heteroatoms. The Labute approximate surface area is 274 Å². The molecular weight excluding hydrogens is 588 g/mol. The Morgan fingerprint density at radius 1 is 0.787 bits per heavy atom. The number of carbonyl (C=O) groups is 2. The Bertz CT molecular complexity index is 1860. The van der Waals surface area contributed by atoms with Crippen molar-refractivity contribution in [3.63, 3.8) is 0 Å². The molecule has 0 bridgehead atoms. The summed E-state index contributed by atoms with van der Waals surface area (Å²) < 4.78 is 0. The fourth-order valence-corrected chi connectivity index (χ4v) is 5.48. The first-order chi connectivity index (χ1) is 22.9. The highest BCUT2D eigenvalue weighted by atomic mass is 16.3. The zero-order valence-corrected chi connectivity index (χ0v) is 26.5. The first kappa shape index (κ1) is 32.8. The van der Waals surface area contributed by atoms with E-state index in [9.17, 15) is 19.8 Å². The predicted molar refractivity (Wildman–Crippen MR) is 188 cm³/mol. The number of H-pyrrole nitrogens is 1. The van der Waals surface area contributed by atoms with E-state index < -0.39 is 0 Å². The zero-order chi connectivity index (χ0) is 33.0. The summed E-state index contributed by atoms with van der Waals surface area (Å²) in [5.74, 6) is 0.883. The fourth-order valence-electron chi connectivity index (χ4n) is 5.48. The van der Waals surface area contributed by atoms with Crippen LogP contribution in [0.5, 0.6) is 11.5 Å². The number of carbonyl (C=O) groups excluding carboxylic acids is 2. The fraction of sp³-hybridized carbons (Fsp3) is 0.205. The smallest absolute Gasteiger partial charge is 0.243 e. The van der Waals surface area contributed by atoms with Crippen LogP contribution in [0.25, 0.3) is 28.3 Å². The molecule has 0 atom stereocenters. The Morgan fingerprint density at radius 3 is 2.15 bits per heavy atom. The molecule has 0 aliphatic carbocycles. The topological polar surface area (TPSA) is 127 Å². The number of nitrogens with zero attached hydrogens (tertiary/aromatic N) is 1. The summed E-state index contributed by atoms with van der Waals surface area (Å²) in [6.45, 7) is 3.20. The molecule has 5 aromatic rings. The normalized spacial score (nSPS) is 11.9. The number of allylic oxidation sites excluding steroid dienone is 1. The van der Waals surface area contributed by atoms with Crippen molar-refractivity contribution in [3.8, 4) is 11.5 Å². The van der Waals surface area contributed by atoms with Gasteiger partial charge >= 0.3 is 0 Å². The molecule has 5 rings (SSSR count). The Balaban J connectivity index is 1.07. The number of rotatable bonds is 14. The standard InChI is InChI=1S/C39H40N4O4/c1-2-33(28-8-4-3-5-9-28)39(30-15-17-31(44)18-16-30)29-13-10-27(11-14-29)12-22-37(46)40-24-6-7-25-41-38(47)23-21-36-42-34-20-19-32(45)26-35(34)43-36/h3-5,8-20,22,26,44-45H,2,6-7,21,23-25H2,1H3,(H,40,46)(H,41,47)(H,42,43)/b22-12+,39-33?. The lowest BCUT2D eigenvalue weighted by molar-refractivity contribution is -0.121. The highest BCUT2D eigenvalue weighted by molar-refractivity contribution is 5.99. The van der Waals surface area contributed by atoms with Gasteiger partial charge in [-0.1, -0.05) is 73.7 Å². The summed E-state index contributed by atoms with van der Waals surface area (Å²) in [5, 5.41) is 25.3. The average molecular weight is 629 g/mol. The minimum Gasteiger partial charge on any atom is -0.508 e. The number of fused-ring (bicyclic) bond motifs is 1. The van der Waals surface area contributed by atoms with Crippen LogP contribution in [-0.4, -0.2) is 45.1 Å². The molecule has 0 saturated carbocycles. The van der Waals surface area contributed by atoms with Gasteiger partial charge < -0.3 is 25.8 Å². The number of aromatic nitrogens is 2. The van der Waals surface area contributed by atoms with Crippen LogP contribution in [0.15, 0.2) is 103 Å². The van der Waals surface area contributed by atoms with E-state index in [1.807, 2.05) is 42.5 Å². The highest BCUT2D eigenvalue weighted by Gasteiger charge is 2.13. The van der Waals surface area contributed by atoms with Crippen molar-refractivity contribution in [1.82, 2.24) is 20.6 Å². The number of hydrogen-bond acceptors (Lipinski definition) is 5. The van der Waals surface area contributed by atoms with Crippen molar-refractivity contribution in [2.24, 2.45) is 0 Å². The first-order valence-electron chi connectivity index (χ1n) is 16.0. The molecule has 4 aromatic carbocycles. The molecule has 0 unspecified atom stereocenters. The number of aryl methyl sites for hydroxylation is 1. The number of amides is 2. The molecule has 0 saturated heterocycles. The number of unbranched alkanes of at least 4 members (excludes halogenated alkanes) is 1. The minimum atomic E-state index is -0.167. The van der Waals surface area contributed by atoms with Crippen LogP contribution in [0.4, 0.5) is 0 Å². The molecule has 47 heavy (non-hydrogen) atoms. The number of nitrogens with one attached hydrogen (secondary N) is 3. The molecule has 1 heterocycles. The van der Waals surface area contributed by atoms with Crippen molar-refractivity contribution < 1.29 is 19.8 Å². The maximum atomic E-state index is 12.4. The number of aromatic amines is 1. The van der Waals surface area contributed by atoms with E-state index >= 15 is 0 Å². The van der Waals surface area contributed by atoms with E-state index in [0.717, 1.165) is 58.1 Å². The number of hydrogen-bond donors (Lipinski definition) is 5. The molecule has 240 valence electrons. The third-order valence-corrected chi connectivity index (χ3v) is 7.89. The van der Waals surface area contributed by atoms with Crippen LogP contribution in [-0.2, 0) is 16.0 Å². The SMILES string of the molecule is CCC(=C(c1ccc(O)cc1)c1ccc(/C=C/C(=O)NCCCCNC(=O)CCc2nc3ccc(O)cc3[nH]2)cc1)c1ccccc1. The highest BCUT2D eigenvalue weighted by Crippen LogP contribution is 2.35. The summed E-state index contributed by atoms with van der Waals surface area (Å²) in [4.78, 5) is 32.2. The minimum absolute atomic E-state index is 0.0528. The Hall–Kier alpha value is -5.63. The summed E-state index contributed by atoms with van der Waals surface area (Å²) in [7, 11) is 0. The third-order valence-electron chi connectivity index (χ3n) is 7.89. The van der Waals surface area contributed by atoms with Crippen LogP contribution in [0.1, 0.15) is 60.7 Å². The van der Waals surface area contributed by atoms with Gasteiger partial charge in [0.05, 0.1) is 11.0 Å². The Kier molecular flexibility index (Phi) is 11.2. The van der Waals surface area contributed by atoms with Crippen molar-refractivity contribution in [2.45, 2.75) is 39.0 Å². The molecule has 0 spiro atoms. The van der Waals surface area contributed by atoms with Gasteiger partial charge in [0.15, 0.2) is 0 Å². The summed E-state index contributed by atoms with van der Waals surface area (Å²) in [6, 6.07) is 30.7. The van der Waals surface area contributed by atoms with Gasteiger partial charge in [0, 0.05) is 38.1 Å². The molecule has 5 N–H and O–H groups in total. The van der Waals surface area contributed by atoms with Crippen molar-refractivity contribution in [3.05, 3.63) is 131 Å². The van der Waals surface area contributed by atoms with Crippen LogP contribution in [0, 0.1) is 0 Å². The second kappa shape index (κ2) is 16.1. The van der Waals surface area contributed by atoms with Crippen LogP contribution in [0.3, 0.4) is 0 Å². The van der Waals surface area contributed by atoms with Gasteiger partial charge in [-0.05, 0) is 83.0 Å². The molecule has 0 fully saturated rings. The molecular formula is C39H40N4O4. The second-order valence-corrected chi connectivity index (χ2v) is 11.3. The van der Waals surface area contributed by atoms with Gasteiger partial charge in [-0.2, -0.15) is 0 Å². The molecule has 0 aliphatic heterocycles. The van der Waals surface area contributed by atoms with Crippen molar-refractivity contribution in [2.75, 3.05) is 13.1 Å². The maximum absolute atomic E-state index is 12.4. The third kappa shape index (κ3) is 9.20. The Morgan fingerprint density at radius 2 is 1.45 bits per heavy atom. The van der Waals surface area contributed by atoms with Gasteiger partial charge in [-0.15, -0.1) is 0 Å². The molecule has 0 radical (unpaired) electrons. The van der Waals surface area contributed by atoms with Gasteiger partial charge in [-0.3, -0.25) is 9.59 Å². The largest absolute Gasteiger partial charge is 0.508 e. The van der Waals surface area contributed by atoms with Gasteiger partial charge in [0.25, 0.3) is 0 Å². The van der Waals surface area contributed by atoms with Crippen molar-refractivity contribution in [1.29, 1.82) is 0 Å². The molecule has 2 amide bonds. The summed E-state index contributed by atoms with van der Waals surface area (Å²) >= 11 is 0. The summed E-state index contributed by atoms with van der Waals surface area (Å²) in [6.07, 6.45) is 6.47. The number of phenols is 2. The van der Waals surface area contributed by atoms with E-state index in [-0.39, 0.29) is 23.3 Å². The van der Waals surface area contributed by atoms with Crippen LogP contribution >= 0.6 is 0 Å². The van der Waals surface area contributed by atoms with E-state index in [2.05, 4.69) is 51.8 Å². The predicted octanol–water partition coefficient (Wildman–Crippen LogP) is 7.00. The average Bonchev–Trinajstić information content (AvgIpc) is 3.50.